The number of azo groups is 1. The molecule has 7 nitrogen and oxygen atoms in total. The molecule has 0 spiro atoms. The molecule has 0 saturated heterocycles. The largest absolute Gasteiger partial charge is 0.472 e. The Hall–Kier alpha value is -2.22. The van der Waals surface area contributed by atoms with Crippen molar-refractivity contribution < 1.29 is 22.4 Å². The summed E-state index contributed by atoms with van der Waals surface area (Å²) in [6, 6.07) is 3.20. The lowest BCUT2D eigenvalue weighted by Gasteiger charge is -2.00. The summed E-state index contributed by atoms with van der Waals surface area (Å²) >= 11 is 0. The molecule has 1 aliphatic carbocycles. The minimum atomic E-state index is -2.65. The van der Waals surface area contributed by atoms with Crippen molar-refractivity contribution in [3.8, 4) is 11.1 Å². The van der Waals surface area contributed by atoms with E-state index >= 15 is 0 Å². The second kappa shape index (κ2) is 6.29. The Morgan fingerprint density at radius 2 is 2.25 bits per heavy atom. The topological polar surface area (TPSA) is 98.3 Å². The minimum absolute atomic E-state index is 0.230. The molecule has 1 heterocycles. The first-order chi connectivity index (χ1) is 9.63. The van der Waals surface area contributed by atoms with Crippen molar-refractivity contribution >= 4 is 22.4 Å². The van der Waals surface area contributed by atoms with Crippen molar-refractivity contribution in [2.75, 3.05) is 12.5 Å². The van der Waals surface area contributed by atoms with E-state index in [1.54, 1.807) is 19.1 Å². The van der Waals surface area contributed by atoms with Crippen molar-refractivity contribution in [1.29, 1.82) is 0 Å². The van der Waals surface area contributed by atoms with Gasteiger partial charge in [0.25, 0.3) is 0 Å². The van der Waals surface area contributed by atoms with E-state index in [9.17, 15) is 13.2 Å². The fourth-order valence-corrected chi connectivity index (χ4v) is 1.87. The lowest BCUT2D eigenvalue weighted by atomic mass is 10.2. The fourth-order valence-electron chi connectivity index (χ4n) is 1.70. The molecule has 20 heavy (non-hydrogen) atoms. The van der Waals surface area contributed by atoms with E-state index in [-0.39, 0.29) is 17.9 Å². The standard InChI is InChI=1S/C12H12N2O5S/c1-2-19-12(15)10-5-8-6-18-4-3-9(8)11(10)14-13-7-20(16)17/h3-6,20H,2,7H2,1H3. The van der Waals surface area contributed by atoms with Crippen LogP contribution in [0.5, 0.6) is 0 Å². The highest BCUT2D eigenvalue weighted by molar-refractivity contribution is 7.72. The number of carbonyl (C=O) groups is 1. The number of carbonyl (C=O) groups excluding carboxylic acids is 1. The summed E-state index contributed by atoms with van der Waals surface area (Å²) in [6.07, 6.45) is 2.90. The van der Waals surface area contributed by atoms with Gasteiger partial charge in [-0.1, -0.05) is 0 Å². The molecule has 0 saturated carbocycles. The average molecular weight is 296 g/mol. The lowest BCUT2D eigenvalue weighted by Crippen LogP contribution is -2.03. The van der Waals surface area contributed by atoms with E-state index in [0.29, 0.717) is 11.1 Å². The summed E-state index contributed by atoms with van der Waals surface area (Å²) in [4.78, 5) is 11.9. The second-order valence-corrected chi connectivity index (χ2v) is 4.72. The Balaban J connectivity index is 2.46. The molecular formula is C12H12N2O5S. The van der Waals surface area contributed by atoms with Gasteiger partial charge in [0.05, 0.1) is 24.7 Å². The van der Waals surface area contributed by atoms with Gasteiger partial charge in [0.2, 0.25) is 0 Å². The van der Waals surface area contributed by atoms with Crippen LogP contribution in [0.2, 0.25) is 0 Å². The first kappa shape index (κ1) is 14.2. The predicted octanol–water partition coefficient (Wildman–Crippen LogP) is 2.21. The van der Waals surface area contributed by atoms with Crippen molar-refractivity contribution in [1.82, 2.24) is 0 Å². The quantitative estimate of drug-likeness (QED) is 0.518. The van der Waals surface area contributed by atoms with Crippen LogP contribution < -0.4 is 0 Å². The molecule has 0 aromatic carbocycles. The van der Waals surface area contributed by atoms with Gasteiger partial charge in [-0.25, -0.2) is 13.2 Å². The molecule has 1 aliphatic heterocycles. The molecule has 0 aromatic rings. The Morgan fingerprint density at radius 3 is 2.95 bits per heavy atom. The first-order valence-electron chi connectivity index (χ1n) is 5.78. The van der Waals surface area contributed by atoms with E-state index in [4.69, 9.17) is 9.15 Å². The van der Waals surface area contributed by atoms with E-state index in [2.05, 4.69) is 10.2 Å². The van der Waals surface area contributed by atoms with Gasteiger partial charge < -0.3 is 9.15 Å². The summed E-state index contributed by atoms with van der Waals surface area (Å²) in [5, 5.41) is 7.39. The lowest BCUT2D eigenvalue weighted by molar-refractivity contribution is 0.0528. The molecule has 0 amide bonds. The molecule has 2 rings (SSSR count). The van der Waals surface area contributed by atoms with Crippen LogP contribution in [0.3, 0.4) is 0 Å². The number of ether oxygens (including phenoxy) is 1. The van der Waals surface area contributed by atoms with Crippen LogP contribution in [-0.2, 0) is 15.4 Å². The summed E-state index contributed by atoms with van der Waals surface area (Å²) in [6.45, 7) is 1.92. The monoisotopic (exact) mass is 296 g/mol. The molecule has 106 valence electrons. The second-order valence-electron chi connectivity index (χ2n) is 3.77. The molecule has 0 radical (unpaired) electrons. The van der Waals surface area contributed by atoms with E-state index in [1.807, 2.05) is 0 Å². The number of fused-ring (bicyclic) bond motifs is 1. The Labute approximate surface area is 116 Å². The zero-order chi connectivity index (χ0) is 14.5. The number of nitrogens with zero attached hydrogens (tertiary/aromatic N) is 2. The molecule has 2 aliphatic rings. The number of rotatable bonds is 5. The van der Waals surface area contributed by atoms with Gasteiger partial charge in [-0.3, -0.25) is 0 Å². The maximum atomic E-state index is 11.9. The molecule has 0 atom stereocenters. The molecule has 0 aromatic heterocycles. The van der Waals surface area contributed by atoms with Gasteiger partial charge in [0.1, 0.15) is 5.69 Å². The highest BCUT2D eigenvalue weighted by Crippen LogP contribution is 2.39. The highest BCUT2D eigenvalue weighted by Gasteiger charge is 2.22. The summed E-state index contributed by atoms with van der Waals surface area (Å²) < 4.78 is 30.9. The van der Waals surface area contributed by atoms with Crippen molar-refractivity contribution in [2.24, 2.45) is 10.2 Å². The maximum absolute atomic E-state index is 11.9. The SMILES string of the molecule is CCOC(=O)c1cc2coccc-2c1N=NC[SH](=O)=O. The fraction of sp³-hybridized carbons (Fsp3) is 0.250. The van der Waals surface area contributed by atoms with Gasteiger partial charge >= 0.3 is 5.97 Å². The van der Waals surface area contributed by atoms with Crippen molar-refractivity contribution in [3.63, 3.8) is 0 Å². The average Bonchev–Trinajstić information content (AvgIpc) is 2.78. The zero-order valence-electron chi connectivity index (χ0n) is 10.6. The molecular weight excluding hydrogens is 284 g/mol. The number of esters is 1. The Bertz CT molecular complexity index is 681. The Morgan fingerprint density at radius 1 is 1.45 bits per heavy atom. The van der Waals surface area contributed by atoms with E-state index in [0.717, 1.165) is 0 Å². The molecule has 0 unspecified atom stereocenters. The summed E-state index contributed by atoms with van der Waals surface area (Å²) in [7, 11) is -2.65. The van der Waals surface area contributed by atoms with Crippen LogP contribution in [0.25, 0.3) is 11.1 Å². The van der Waals surface area contributed by atoms with Crippen LogP contribution in [0.4, 0.5) is 5.69 Å². The third-order valence-electron chi connectivity index (χ3n) is 2.47. The molecule has 0 bridgehead atoms. The molecule has 0 fully saturated rings. The minimum Gasteiger partial charge on any atom is -0.472 e. The number of hydrogen-bond acceptors (Lipinski definition) is 7. The smallest absolute Gasteiger partial charge is 0.340 e. The van der Waals surface area contributed by atoms with Crippen molar-refractivity contribution in [3.05, 3.63) is 30.2 Å². The summed E-state index contributed by atoms with van der Waals surface area (Å²) in [5.41, 5.74) is 1.82. The van der Waals surface area contributed by atoms with E-state index in [1.165, 1.54) is 12.5 Å². The molecule has 0 N–H and O–H groups in total. The van der Waals surface area contributed by atoms with Crippen LogP contribution >= 0.6 is 0 Å². The summed E-state index contributed by atoms with van der Waals surface area (Å²) in [5.74, 6) is -0.967. The third-order valence-corrected chi connectivity index (χ3v) is 2.83. The van der Waals surface area contributed by atoms with Gasteiger partial charge in [-0.05, 0) is 19.1 Å². The first-order valence-corrected chi connectivity index (χ1v) is 7.15. The van der Waals surface area contributed by atoms with Crippen LogP contribution in [0.15, 0.2) is 39.3 Å². The maximum Gasteiger partial charge on any atom is 0.340 e. The van der Waals surface area contributed by atoms with Gasteiger partial charge in [0, 0.05) is 11.1 Å². The zero-order valence-corrected chi connectivity index (χ0v) is 11.5. The molecule has 8 heteroatoms. The highest BCUT2D eigenvalue weighted by atomic mass is 32.2. The number of hydrogen-bond donors (Lipinski definition) is 1. The van der Waals surface area contributed by atoms with Gasteiger partial charge in [-0.15, -0.1) is 0 Å². The van der Waals surface area contributed by atoms with Crippen molar-refractivity contribution in [2.45, 2.75) is 6.92 Å². The third kappa shape index (κ3) is 3.02. The normalized spacial score (nSPS) is 11.5. The van der Waals surface area contributed by atoms with Crippen LogP contribution in [0, 0.1) is 0 Å². The van der Waals surface area contributed by atoms with Gasteiger partial charge in [0.15, 0.2) is 16.6 Å². The number of thiol groups is 1. The van der Waals surface area contributed by atoms with Crippen LogP contribution in [-0.4, -0.2) is 26.9 Å². The van der Waals surface area contributed by atoms with Crippen LogP contribution in [0.1, 0.15) is 17.3 Å². The van der Waals surface area contributed by atoms with E-state index < -0.39 is 22.6 Å². The Kier molecular flexibility index (Phi) is 4.46. The van der Waals surface area contributed by atoms with Gasteiger partial charge in [-0.2, -0.15) is 10.2 Å². The predicted molar refractivity (Wildman–Crippen MR) is 71.0 cm³/mol.